The molecular weight excluding hydrogens is 351 g/mol. The summed E-state index contributed by atoms with van der Waals surface area (Å²) in [6.45, 7) is 0. The number of alkyl halides is 1. The summed E-state index contributed by atoms with van der Waals surface area (Å²) in [6.07, 6.45) is 5.04. The normalized spacial score (nSPS) is 18.4. The maximum absolute atomic E-state index is 13.4. The molecule has 4 heteroatoms. The second-order valence-electron chi connectivity index (χ2n) is 4.45. The van der Waals surface area contributed by atoms with Crippen LogP contribution in [0.2, 0.25) is 0 Å². The number of hydrogen-bond donors (Lipinski definition) is 0. The monoisotopic (exact) mass is 364 g/mol. The van der Waals surface area contributed by atoms with Crippen LogP contribution >= 0.6 is 31.9 Å². The molecule has 17 heavy (non-hydrogen) atoms. The van der Waals surface area contributed by atoms with Crippen molar-refractivity contribution in [1.82, 2.24) is 0 Å². The summed E-state index contributed by atoms with van der Waals surface area (Å²) < 4.78 is 19.2. The Kier molecular flexibility index (Phi) is 4.47. The molecule has 0 aromatic heterocycles. The summed E-state index contributed by atoms with van der Waals surface area (Å²) in [5.74, 6) is 0.970. The van der Waals surface area contributed by atoms with Crippen LogP contribution in [0.5, 0.6) is 5.75 Å². The molecule has 1 nitrogen and oxygen atoms in total. The van der Waals surface area contributed by atoms with Gasteiger partial charge in [0.25, 0.3) is 0 Å². The Hall–Kier alpha value is -0.0900. The Morgan fingerprint density at radius 2 is 2.00 bits per heavy atom. The maximum Gasteiger partial charge on any atom is 0.141 e. The van der Waals surface area contributed by atoms with Crippen LogP contribution in [0.4, 0.5) is 4.39 Å². The van der Waals surface area contributed by atoms with Gasteiger partial charge in [-0.2, -0.15) is 0 Å². The van der Waals surface area contributed by atoms with E-state index in [9.17, 15) is 4.39 Å². The lowest BCUT2D eigenvalue weighted by atomic mass is 9.97. The number of methoxy groups -OCH3 is 1. The van der Waals surface area contributed by atoms with Crippen molar-refractivity contribution in [3.05, 3.63) is 28.0 Å². The average molecular weight is 366 g/mol. The van der Waals surface area contributed by atoms with Gasteiger partial charge < -0.3 is 4.74 Å². The van der Waals surface area contributed by atoms with Gasteiger partial charge in [0.05, 0.1) is 11.6 Å². The number of benzene rings is 1. The van der Waals surface area contributed by atoms with E-state index in [0.717, 1.165) is 5.56 Å². The standard InChI is InChI=1S/C13H15Br2FO/c1-17-12-7-11(16)10(14)6-9(12)13(15)8-4-2-3-5-8/h6-8,13H,2-5H2,1H3. The zero-order chi connectivity index (χ0) is 12.4. The minimum absolute atomic E-state index is 0.247. The Bertz CT molecular complexity index is 403. The summed E-state index contributed by atoms with van der Waals surface area (Å²) in [4.78, 5) is 0.247. The van der Waals surface area contributed by atoms with Crippen molar-refractivity contribution in [2.75, 3.05) is 7.11 Å². The average Bonchev–Trinajstić information content (AvgIpc) is 2.84. The molecule has 1 aromatic rings. The first-order valence-corrected chi connectivity index (χ1v) is 7.51. The van der Waals surface area contributed by atoms with Crippen molar-refractivity contribution in [2.24, 2.45) is 5.92 Å². The van der Waals surface area contributed by atoms with E-state index in [1.165, 1.54) is 31.7 Å². The number of hydrogen-bond acceptors (Lipinski definition) is 1. The molecular formula is C13H15Br2FO. The Morgan fingerprint density at radius 3 is 2.59 bits per heavy atom. The van der Waals surface area contributed by atoms with Crippen molar-refractivity contribution < 1.29 is 9.13 Å². The third kappa shape index (κ3) is 2.84. The molecule has 94 valence electrons. The van der Waals surface area contributed by atoms with Crippen LogP contribution in [0.25, 0.3) is 0 Å². The van der Waals surface area contributed by atoms with E-state index in [0.29, 0.717) is 16.1 Å². The van der Waals surface area contributed by atoms with E-state index in [1.54, 1.807) is 7.11 Å². The molecule has 1 atom stereocenters. The van der Waals surface area contributed by atoms with Gasteiger partial charge in [-0.05, 0) is 40.8 Å². The van der Waals surface area contributed by atoms with Gasteiger partial charge in [0.1, 0.15) is 11.6 Å². The SMILES string of the molecule is COc1cc(F)c(Br)cc1C(Br)C1CCCC1. The molecule has 0 N–H and O–H groups in total. The van der Waals surface area contributed by atoms with Gasteiger partial charge in [-0.1, -0.05) is 28.8 Å². The van der Waals surface area contributed by atoms with Gasteiger partial charge in [0, 0.05) is 16.5 Å². The van der Waals surface area contributed by atoms with Crippen molar-refractivity contribution in [2.45, 2.75) is 30.5 Å². The molecule has 0 spiro atoms. The fourth-order valence-corrected chi connectivity index (χ4v) is 3.69. The lowest BCUT2D eigenvalue weighted by molar-refractivity contribution is 0.400. The molecule has 0 heterocycles. The highest BCUT2D eigenvalue weighted by Gasteiger charge is 2.27. The van der Waals surface area contributed by atoms with E-state index in [2.05, 4.69) is 31.9 Å². The molecule has 2 rings (SSSR count). The van der Waals surface area contributed by atoms with Gasteiger partial charge in [-0.3, -0.25) is 0 Å². The van der Waals surface area contributed by atoms with E-state index in [4.69, 9.17) is 4.74 Å². The van der Waals surface area contributed by atoms with Crippen LogP contribution < -0.4 is 4.74 Å². The molecule has 0 radical (unpaired) electrons. The highest BCUT2D eigenvalue weighted by atomic mass is 79.9. The van der Waals surface area contributed by atoms with Crippen LogP contribution in [-0.4, -0.2) is 7.11 Å². The smallest absolute Gasteiger partial charge is 0.141 e. The lowest BCUT2D eigenvalue weighted by Gasteiger charge is -2.20. The molecule has 0 bridgehead atoms. The predicted octanol–water partition coefficient (Wildman–Crippen LogP) is 5.22. The highest BCUT2D eigenvalue weighted by Crippen LogP contribution is 2.45. The zero-order valence-corrected chi connectivity index (χ0v) is 12.9. The fourth-order valence-electron chi connectivity index (χ4n) is 2.44. The Balaban J connectivity index is 2.32. The third-order valence-electron chi connectivity index (χ3n) is 3.38. The molecule has 0 aliphatic heterocycles. The van der Waals surface area contributed by atoms with Gasteiger partial charge in [0.2, 0.25) is 0 Å². The van der Waals surface area contributed by atoms with Crippen LogP contribution in [0.15, 0.2) is 16.6 Å². The number of halogens is 3. The van der Waals surface area contributed by atoms with Crippen LogP contribution in [-0.2, 0) is 0 Å². The number of ether oxygens (including phenoxy) is 1. The topological polar surface area (TPSA) is 9.23 Å². The summed E-state index contributed by atoms with van der Waals surface area (Å²) in [7, 11) is 1.58. The van der Waals surface area contributed by atoms with Crippen molar-refractivity contribution >= 4 is 31.9 Å². The molecule has 1 fully saturated rings. The van der Waals surface area contributed by atoms with E-state index in [-0.39, 0.29) is 10.6 Å². The second kappa shape index (κ2) is 5.70. The van der Waals surface area contributed by atoms with E-state index >= 15 is 0 Å². The first-order chi connectivity index (χ1) is 8.13. The second-order valence-corrected chi connectivity index (χ2v) is 6.30. The van der Waals surface area contributed by atoms with E-state index < -0.39 is 0 Å². The lowest BCUT2D eigenvalue weighted by Crippen LogP contribution is -2.05. The largest absolute Gasteiger partial charge is 0.496 e. The fraction of sp³-hybridized carbons (Fsp3) is 0.538. The Morgan fingerprint density at radius 1 is 1.35 bits per heavy atom. The first-order valence-electron chi connectivity index (χ1n) is 5.80. The van der Waals surface area contributed by atoms with E-state index in [1.807, 2.05) is 6.07 Å². The molecule has 0 amide bonds. The van der Waals surface area contributed by atoms with Crippen LogP contribution in [0.3, 0.4) is 0 Å². The van der Waals surface area contributed by atoms with Crippen LogP contribution in [0, 0.1) is 11.7 Å². The number of rotatable bonds is 3. The quantitative estimate of drug-likeness (QED) is 0.667. The summed E-state index contributed by atoms with van der Waals surface area (Å²) in [6, 6.07) is 3.27. The molecule has 1 unspecified atom stereocenters. The molecule has 0 saturated heterocycles. The summed E-state index contributed by atoms with van der Waals surface area (Å²) in [5.41, 5.74) is 1.03. The first kappa shape index (κ1) is 13.3. The predicted molar refractivity (Wildman–Crippen MR) is 74.3 cm³/mol. The third-order valence-corrected chi connectivity index (χ3v) is 5.23. The van der Waals surface area contributed by atoms with Gasteiger partial charge in [-0.15, -0.1) is 0 Å². The van der Waals surface area contributed by atoms with Crippen molar-refractivity contribution in [3.63, 3.8) is 0 Å². The Labute approximate surface area is 118 Å². The molecule has 1 aliphatic carbocycles. The van der Waals surface area contributed by atoms with Gasteiger partial charge >= 0.3 is 0 Å². The van der Waals surface area contributed by atoms with Gasteiger partial charge in [0.15, 0.2) is 0 Å². The highest BCUT2D eigenvalue weighted by molar-refractivity contribution is 9.10. The molecule has 1 aliphatic rings. The van der Waals surface area contributed by atoms with Gasteiger partial charge in [-0.25, -0.2) is 4.39 Å². The van der Waals surface area contributed by atoms with Crippen molar-refractivity contribution in [1.29, 1.82) is 0 Å². The van der Waals surface area contributed by atoms with Crippen molar-refractivity contribution in [3.8, 4) is 5.75 Å². The minimum Gasteiger partial charge on any atom is -0.496 e. The molecule has 1 saturated carbocycles. The zero-order valence-electron chi connectivity index (χ0n) is 9.68. The summed E-state index contributed by atoms with van der Waals surface area (Å²) in [5, 5.41) is 0. The van der Waals surface area contributed by atoms with Crippen LogP contribution in [0.1, 0.15) is 36.1 Å². The minimum atomic E-state index is -0.281. The summed E-state index contributed by atoms with van der Waals surface area (Å²) >= 11 is 6.97. The molecule has 1 aromatic carbocycles. The maximum atomic E-state index is 13.4.